The number of carbonyl (C=O) groups is 2. The number of hydrogen-bond donors (Lipinski definition) is 6. The number of phenols is 4. The van der Waals surface area contributed by atoms with Crippen molar-refractivity contribution in [1.82, 2.24) is 0 Å². The van der Waals surface area contributed by atoms with Gasteiger partial charge in [-0.05, 0) is 31.4 Å². The van der Waals surface area contributed by atoms with Gasteiger partial charge in [0.25, 0.3) is 0 Å². The molecule has 232 valence electrons. The van der Waals surface area contributed by atoms with Gasteiger partial charge in [-0.1, -0.05) is 6.92 Å². The molecule has 0 aromatic heterocycles. The number of aliphatic carboxylic acids is 2. The van der Waals surface area contributed by atoms with E-state index in [9.17, 15) is 40.2 Å². The van der Waals surface area contributed by atoms with Crippen molar-refractivity contribution in [3.05, 3.63) is 46.5 Å². The molecular formula is C29H34N2O10S2. The van der Waals surface area contributed by atoms with E-state index in [1.54, 1.807) is 0 Å². The van der Waals surface area contributed by atoms with Gasteiger partial charge in [-0.3, -0.25) is 9.98 Å². The van der Waals surface area contributed by atoms with Crippen molar-refractivity contribution in [3.8, 4) is 23.0 Å². The van der Waals surface area contributed by atoms with Crippen LogP contribution in [0.1, 0.15) is 54.4 Å². The van der Waals surface area contributed by atoms with Crippen LogP contribution in [0.5, 0.6) is 23.0 Å². The van der Waals surface area contributed by atoms with Gasteiger partial charge in [0.1, 0.15) is 33.1 Å². The van der Waals surface area contributed by atoms with E-state index < -0.39 is 29.9 Å². The highest BCUT2D eigenvalue weighted by Gasteiger charge is 2.31. The van der Waals surface area contributed by atoms with E-state index in [2.05, 4.69) is 9.98 Å². The van der Waals surface area contributed by atoms with Crippen LogP contribution in [-0.4, -0.2) is 103 Å². The van der Waals surface area contributed by atoms with Gasteiger partial charge in [-0.2, -0.15) is 0 Å². The summed E-state index contributed by atoms with van der Waals surface area (Å²) in [5.41, 5.74) is 1.08. The molecule has 2 aliphatic heterocycles. The first-order valence-corrected chi connectivity index (χ1v) is 15.7. The molecule has 2 aromatic carbocycles. The standard InChI is InChI=1S/C29H34N2O10S2/c1-2-5-40-6-3-7-41-8-4-15(16-9-18(24(34)11-22(16)32)26-30-20(13-42-26)28(36)37)17-10-19(25(35)12-23(17)33)27-31-21(14-43-27)29(38)39/h9-12,15,20-21,32-35H,2-8,13-14H2,1H3,(H,36,37)(H,38,39). The predicted molar refractivity (Wildman–Crippen MR) is 163 cm³/mol. The molecule has 0 bridgehead atoms. The smallest absolute Gasteiger partial charge is 0.329 e. The number of aliphatic imine (C=N–C) groups is 2. The number of benzene rings is 2. The molecule has 2 aliphatic rings. The number of phenolic OH excluding ortho intramolecular Hbond substituents is 4. The summed E-state index contributed by atoms with van der Waals surface area (Å²) in [6.07, 6.45) is 1.86. The van der Waals surface area contributed by atoms with Gasteiger partial charge in [0, 0.05) is 78.2 Å². The summed E-state index contributed by atoms with van der Waals surface area (Å²) in [6, 6.07) is 3.38. The minimum Gasteiger partial charge on any atom is -0.508 e. The number of nitrogens with zero attached hydrogens (tertiary/aromatic N) is 2. The fourth-order valence-electron chi connectivity index (χ4n) is 4.68. The fourth-order valence-corrected chi connectivity index (χ4v) is 6.78. The Bertz CT molecular complexity index is 1320. The Morgan fingerprint density at radius 1 is 0.767 bits per heavy atom. The van der Waals surface area contributed by atoms with Crippen molar-refractivity contribution < 1.29 is 49.7 Å². The monoisotopic (exact) mass is 634 g/mol. The fraction of sp³-hybridized carbons (Fsp3) is 0.448. The first-order valence-electron chi connectivity index (χ1n) is 13.7. The molecule has 43 heavy (non-hydrogen) atoms. The first-order chi connectivity index (χ1) is 20.6. The third kappa shape index (κ3) is 7.93. The zero-order valence-electron chi connectivity index (χ0n) is 23.4. The summed E-state index contributed by atoms with van der Waals surface area (Å²) < 4.78 is 11.3. The maximum Gasteiger partial charge on any atom is 0.329 e. The Kier molecular flexibility index (Phi) is 11.2. The molecule has 2 unspecified atom stereocenters. The molecular weight excluding hydrogens is 600 g/mol. The van der Waals surface area contributed by atoms with Crippen molar-refractivity contribution in [3.63, 3.8) is 0 Å². The molecule has 6 N–H and O–H groups in total. The summed E-state index contributed by atoms with van der Waals surface area (Å²) in [5.74, 6) is -3.63. The summed E-state index contributed by atoms with van der Waals surface area (Å²) in [6.45, 7) is 3.88. The second kappa shape index (κ2) is 14.8. The van der Waals surface area contributed by atoms with Gasteiger partial charge >= 0.3 is 11.9 Å². The van der Waals surface area contributed by atoms with Crippen LogP contribution in [0.15, 0.2) is 34.3 Å². The Hall–Kier alpha value is -3.46. The van der Waals surface area contributed by atoms with Crippen molar-refractivity contribution in [1.29, 1.82) is 0 Å². The summed E-state index contributed by atoms with van der Waals surface area (Å²) in [4.78, 5) is 31.3. The maximum absolute atomic E-state index is 11.4. The average Bonchev–Trinajstić information content (AvgIpc) is 3.64. The molecule has 0 fully saturated rings. The first kappa shape index (κ1) is 32.5. The van der Waals surface area contributed by atoms with Crippen LogP contribution in [0.25, 0.3) is 0 Å². The maximum atomic E-state index is 11.4. The van der Waals surface area contributed by atoms with E-state index >= 15 is 0 Å². The number of ether oxygens (including phenoxy) is 2. The molecule has 0 spiro atoms. The minimum atomic E-state index is -1.09. The SMILES string of the molecule is CCCOCCCOCCC(c1cc(C2=NC(C(=O)O)CS2)c(O)cc1O)c1cc(C2=NC(C(=O)O)CS2)c(O)cc1O. The molecule has 0 saturated carbocycles. The van der Waals surface area contributed by atoms with E-state index in [0.29, 0.717) is 47.5 Å². The van der Waals surface area contributed by atoms with Crippen LogP contribution in [0.3, 0.4) is 0 Å². The number of carboxylic acid groups (broad SMARTS) is 2. The van der Waals surface area contributed by atoms with Crippen LogP contribution < -0.4 is 0 Å². The lowest BCUT2D eigenvalue weighted by Gasteiger charge is -2.23. The third-order valence-electron chi connectivity index (χ3n) is 6.85. The zero-order chi connectivity index (χ0) is 31.1. The van der Waals surface area contributed by atoms with Crippen molar-refractivity contribution in [2.75, 3.05) is 37.9 Å². The molecule has 0 aliphatic carbocycles. The Labute approximate surface area is 256 Å². The highest BCUT2D eigenvalue weighted by molar-refractivity contribution is 8.15. The third-order valence-corrected chi connectivity index (χ3v) is 9.01. The van der Waals surface area contributed by atoms with Crippen LogP contribution in [-0.2, 0) is 19.1 Å². The van der Waals surface area contributed by atoms with Crippen LogP contribution in [0, 0.1) is 0 Å². The predicted octanol–water partition coefficient (Wildman–Crippen LogP) is 3.76. The van der Waals surface area contributed by atoms with Gasteiger partial charge in [0.05, 0.1) is 0 Å². The van der Waals surface area contributed by atoms with Crippen molar-refractivity contribution in [2.24, 2.45) is 9.98 Å². The normalized spacial score (nSPS) is 18.8. The molecule has 2 atom stereocenters. The van der Waals surface area contributed by atoms with Crippen LogP contribution in [0.4, 0.5) is 0 Å². The molecule has 2 aromatic rings. The Balaban J connectivity index is 1.70. The second-order valence-corrected chi connectivity index (χ2v) is 12.0. The number of hydrogen-bond acceptors (Lipinski definition) is 12. The molecule has 14 heteroatoms. The number of thioether (sulfide) groups is 2. The summed E-state index contributed by atoms with van der Waals surface area (Å²) in [7, 11) is 0. The highest BCUT2D eigenvalue weighted by atomic mass is 32.2. The van der Waals surface area contributed by atoms with Crippen LogP contribution >= 0.6 is 23.5 Å². The van der Waals surface area contributed by atoms with E-state index in [-0.39, 0.29) is 58.7 Å². The van der Waals surface area contributed by atoms with Gasteiger partial charge in [-0.15, -0.1) is 23.5 Å². The van der Waals surface area contributed by atoms with E-state index in [1.165, 1.54) is 35.7 Å². The quantitative estimate of drug-likeness (QED) is 0.155. The molecule has 0 amide bonds. The summed E-state index contributed by atoms with van der Waals surface area (Å²) in [5, 5.41) is 62.6. The molecule has 12 nitrogen and oxygen atoms in total. The lowest BCUT2D eigenvalue weighted by molar-refractivity contribution is -0.138. The molecule has 4 rings (SSSR count). The zero-order valence-corrected chi connectivity index (χ0v) is 25.1. The number of aromatic hydroxyl groups is 4. The highest BCUT2D eigenvalue weighted by Crippen LogP contribution is 2.44. The molecule has 0 radical (unpaired) electrons. The van der Waals surface area contributed by atoms with E-state index in [1.807, 2.05) is 6.92 Å². The number of rotatable bonds is 15. The van der Waals surface area contributed by atoms with Gasteiger partial charge < -0.3 is 40.1 Å². The van der Waals surface area contributed by atoms with Crippen molar-refractivity contribution in [2.45, 2.75) is 44.2 Å². The van der Waals surface area contributed by atoms with Gasteiger partial charge in [0.2, 0.25) is 0 Å². The van der Waals surface area contributed by atoms with Crippen LogP contribution in [0.2, 0.25) is 0 Å². The van der Waals surface area contributed by atoms with Gasteiger partial charge in [0.15, 0.2) is 12.1 Å². The van der Waals surface area contributed by atoms with E-state index in [0.717, 1.165) is 18.6 Å². The number of carboxylic acids is 2. The average molecular weight is 635 g/mol. The topological polar surface area (TPSA) is 199 Å². The van der Waals surface area contributed by atoms with E-state index in [4.69, 9.17) is 9.47 Å². The molecule has 2 heterocycles. The largest absolute Gasteiger partial charge is 0.508 e. The molecule has 0 saturated heterocycles. The lowest BCUT2D eigenvalue weighted by atomic mass is 9.85. The summed E-state index contributed by atoms with van der Waals surface area (Å²) >= 11 is 2.34. The Morgan fingerprint density at radius 2 is 1.23 bits per heavy atom. The second-order valence-electron chi connectivity index (χ2n) is 9.97. The Morgan fingerprint density at radius 3 is 1.65 bits per heavy atom. The lowest BCUT2D eigenvalue weighted by Crippen LogP contribution is -2.17. The minimum absolute atomic E-state index is 0.193. The van der Waals surface area contributed by atoms with Gasteiger partial charge in [-0.25, -0.2) is 9.59 Å². The van der Waals surface area contributed by atoms with Crippen molar-refractivity contribution >= 4 is 45.5 Å².